The van der Waals surface area contributed by atoms with E-state index in [1.807, 2.05) is 25.5 Å². The summed E-state index contributed by atoms with van der Waals surface area (Å²) >= 11 is 0. The number of aliphatic hydroxyl groups is 1. The highest BCUT2D eigenvalue weighted by Crippen LogP contribution is 2.38. The number of pyridine rings is 1. The molecule has 0 radical (unpaired) electrons. The van der Waals surface area contributed by atoms with E-state index in [-0.39, 0.29) is 34.8 Å². The molecule has 36 heavy (non-hydrogen) atoms. The van der Waals surface area contributed by atoms with Crippen molar-refractivity contribution >= 4 is 17.5 Å². The van der Waals surface area contributed by atoms with Gasteiger partial charge in [-0.15, -0.1) is 0 Å². The number of halogens is 2. The number of anilines is 1. The molecule has 194 valence electrons. The van der Waals surface area contributed by atoms with Crippen molar-refractivity contribution in [3.8, 4) is 0 Å². The molecular weight excluding hydrogens is 460 g/mol. The molecule has 0 spiro atoms. The van der Waals surface area contributed by atoms with Crippen LogP contribution in [0.2, 0.25) is 0 Å². The van der Waals surface area contributed by atoms with E-state index in [4.69, 9.17) is 5.73 Å². The maximum atomic E-state index is 13.9. The van der Waals surface area contributed by atoms with Crippen molar-refractivity contribution in [1.82, 2.24) is 4.98 Å². The minimum absolute atomic E-state index is 0.123. The van der Waals surface area contributed by atoms with Crippen molar-refractivity contribution in [1.29, 1.82) is 0 Å². The van der Waals surface area contributed by atoms with Crippen LogP contribution in [0.5, 0.6) is 0 Å². The van der Waals surface area contributed by atoms with Crippen molar-refractivity contribution in [2.75, 3.05) is 12.4 Å². The van der Waals surface area contributed by atoms with Gasteiger partial charge in [0.2, 0.25) is 0 Å². The topological polar surface area (TPSA) is 88.2 Å². The summed E-state index contributed by atoms with van der Waals surface area (Å²) in [6, 6.07) is 5.09. The maximum absolute atomic E-state index is 13.9. The highest BCUT2D eigenvalue weighted by Gasteiger charge is 2.33. The van der Waals surface area contributed by atoms with Gasteiger partial charge in [-0.3, -0.25) is 9.78 Å². The number of carbonyl (C=O) groups is 1. The number of rotatable bonds is 6. The Morgan fingerprint density at radius 1 is 1.28 bits per heavy atom. The van der Waals surface area contributed by atoms with Crippen LogP contribution >= 0.6 is 0 Å². The van der Waals surface area contributed by atoms with E-state index in [1.165, 1.54) is 24.6 Å². The number of aldehydes is 1. The second-order valence-electron chi connectivity index (χ2n) is 9.45. The molecule has 1 aromatic carbocycles. The zero-order valence-corrected chi connectivity index (χ0v) is 21.7. The van der Waals surface area contributed by atoms with Gasteiger partial charge in [-0.25, -0.2) is 8.78 Å². The molecule has 3 unspecified atom stereocenters. The second-order valence-corrected chi connectivity index (χ2v) is 9.45. The number of aryl methyl sites for hydroxylation is 2. The number of carbonyl (C=O) groups excluding carboxylic acids is 1. The largest absolute Gasteiger partial charge is 0.391 e. The quantitative estimate of drug-likeness (QED) is 0.268. The molecule has 4 N–H and O–H groups in total. The van der Waals surface area contributed by atoms with Crippen molar-refractivity contribution < 1.29 is 18.7 Å². The summed E-state index contributed by atoms with van der Waals surface area (Å²) in [5, 5.41) is 13.1. The summed E-state index contributed by atoms with van der Waals surface area (Å²) in [6.45, 7) is 10.5. The molecule has 1 aliphatic carbocycles. The summed E-state index contributed by atoms with van der Waals surface area (Å²) < 4.78 is 27.8. The predicted octanol–water partition coefficient (Wildman–Crippen LogP) is 5.78. The number of hydrogen-bond donors (Lipinski definition) is 3. The van der Waals surface area contributed by atoms with E-state index in [0.717, 1.165) is 30.2 Å². The third-order valence-corrected chi connectivity index (χ3v) is 6.56. The van der Waals surface area contributed by atoms with Crippen LogP contribution in [0.3, 0.4) is 0 Å². The van der Waals surface area contributed by atoms with Crippen LogP contribution in [-0.2, 0) is 4.79 Å². The van der Waals surface area contributed by atoms with Gasteiger partial charge >= 0.3 is 0 Å². The van der Waals surface area contributed by atoms with Gasteiger partial charge in [0.25, 0.3) is 0 Å². The second kappa shape index (κ2) is 13.2. The van der Waals surface area contributed by atoms with E-state index in [0.29, 0.717) is 17.8 Å². The zero-order chi connectivity index (χ0) is 27.0. The van der Waals surface area contributed by atoms with Gasteiger partial charge in [-0.1, -0.05) is 19.6 Å². The third kappa shape index (κ3) is 7.42. The smallest absolute Gasteiger partial charge is 0.149 e. The molecule has 0 aliphatic heterocycles. The van der Waals surface area contributed by atoms with Gasteiger partial charge in [0, 0.05) is 30.4 Å². The normalized spacial score (nSPS) is 22.4. The predicted molar refractivity (Wildman–Crippen MR) is 143 cm³/mol. The molecule has 1 aromatic heterocycles. The van der Waals surface area contributed by atoms with Crippen molar-refractivity contribution in [3.05, 3.63) is 88.8 Å². The Bertz CT molecular complexity index is 1110. The Kier molecular flexibility index (Phi) is 10.7. The first kappa shape index (κ1) is 29.1. The molecule has 5 nitrogen and oxygen atoms in total. The van der Waals surface area contributed by atoms with Gasteiger partial charge in [0.15, 0.2) is 0 Å². The Labute approximate surface area is 212 Å². The van der Waals surface area contributed by atoms with Crippen LogP contribution < -0.4 is 11.1 Å². The minimum atomic E-state index is -0.589. The molecule has 0 bridgehead atoms. The number of aromatic nitrogens is 1. The number of aliphatic hydroxyl groups excluding tert-OH is 1. The van der Waals surface area contributed by atoms with Crippen molar-refractivity contribution in [2.24, 2.45) is 11.7 Å². The molecule has 4 atom stereocenters. The molecule has 1 fully saturated rings. The first-order valence-corrected chi connectivity index (χ1v) is 12.0. The van der Waals surface area contributed by atoms with Crippen LogP contribution in [0.4, 0.5) is 14.5 Å². The third-order valence-electron chi connectivity index (χ3n) is 6.56. The first-order valence-electron chi connectivity index (χ1n) is 12.0. The van der Waals surface area contributed by atoms with E-state index >= 15 is 0 Å². The Morgan fingerprint density at radius 3 is 2.56 bits per heavy atom. The van der Waals surface area contributed by atoms with E-state index in [9.17, 15) is 18.7 Å². The summed E-state index contributed by atoms with van der Waals surface area (Å²) in [6.07, 6.45) is 8.01. The highest BCUT2D eigenvalue weighted by molar-refractivity contribution is 5.77. The minimum Gasteiger partial charge on any atom is -0.391 e. The molecule has 0 amide bonds. The van der Waals surface area contributed by atoms with Crippen LogP contribution in [-0.4, -0.2) is 35.6 Å². The van der Waals surface area contributed by atoms with Gasteiger partial charge < -0.3 is 16.2 Å². The van der Waals surface area contributed by atoms with Crippen molar-refractivity contribution in [2.45, 2.75) is 58.6 Å². The van der Waals surface area contributed by atoms with Gasteiger partial charge in [0.05, 0.1) is 18.0 Å². The highest BCUT2D eigenvalue weighted by atomic mass is 19.1. The first-order chi connectivity index (χ1) is 17.0. The Hall–Kier alpha value is -3.16. The van der Waals surface area contributed by atoms with Crippen LogP contribution in [0, 0.1) is 25.6 Å². The summed E-state index contributed by atoms with van der Waals surface area (Å²) in [4.78, 5) is 14.5. The van der Waals surface area contributed by atoms with Crippen molar-refractivity contribution in [3.63, 3.8) is 0 Å². The fraction of sp³-hybridized carbons (Fsp3) is 0.379. The lowest BCUT2D eigenvalue weighted by molar-refractivity contribution is -0.104. The van der Waals surface area contributed by atoms with Gasteiger partial charge in [-0.2, -0.15) is 0 Å². The average Bonchev–Trinajstić information content (AvgIpc) is 2.84. The monoisotopic (exact) mass is 497 g/mol. The number of benzene rings is 1. The number of allylic oxidation sites excluding steroid dienone is 5. The molecule has 1 aliphatic rings. The standard InChI is InChI=1S/C16H16F2O.C13H21N3O/c1-10(9-19)5-6-14(17)13(4)16-12(3)7-11(2)8-15(16)18;1-8-5-9(6-11(14)13(8)17)10-3-4-16-7-12(10)15-2/h5-9H,1H2,2-4H3;3-4,7-9,11,13,15,17H,5-6,14H2,1-2H3/b6-5-,14-13-;/t;8-,9?,11?,13?/m.0/s1. The van der Waals surface area contributed by atoms with Gasteiger partial charge in [-0.05, 0) is 92.0 Å². The van der Waals surface area contributed by atoms with E-state index in [1.54, 1.807) is 19.9 Å². The fourth-order valence-electron chi connectivity index (χ4n) is 4.65. The molecule has 1 heterocycles. The SMILES string of the molecule is C=C(C=O)/C=C\C(F)=C(/C)c1c(C)cc(C)cc1F.CNc1cnccc1C1CC(N)C(O)[C@@H](C)C1. The number of hydrogen-bond acceptors (Lipinski definition) is 5. The zero-order valence-electron chi connectivity index (χ0n) is 21.7. The van der Waals surface area contributed by atoms with Crippen LogP contribution in [0.25, 0.3) is 5.57 Å². The summed E-state index contributed by atoms with van der Waals surface area (Å²) in [5.74, 6) is -0.378. The lowest BCUT2D eigenvalue weighted by Crippen LogP contribution is -2.44. The number of nitrogens with one attached hydrogen (secondary N) is 1. The molecular formula is C29H37F2N3O2. The lowest BCUT2D eigenvalue weighted by atomic mass is 9.74. The fourth-order valence-corrected chi connectivity index (χ4v) is 4.65. The molecule has 2 aromatic rings. The lowest BCUT2D eigenvalue weighted by Gasteiger charge is -2.36. The van der Waals surface area contributed by atoms with Crippen LogP contribution in [0.15, 0.2) is 60.7 Å². The average molecular weight is 498 g/mol. The molecule has 1 saturated carbocycles. The molecule has 7 heteroatoms. The Morgan fingerprint density at radius 2 is 1.97 bits per heavy atom. The van der Waals surface area contributed by atoms with Crippen LogP contribution in [0.1, 0.15) is 54.9 Å². The van der Waals surface area contributed by atoms with E-state index < -0.39 is 11.6 Å². The molecule has 0 saturated heterocycles. The van der Waals surface area contributed by atoms with Gasteiger partial charge in [0.1, 0.15) is 17.9 Å². The van der Waals surface area contributed by atoms with E-state index in [2.05, 4.69) is 23.8 Å². The maximum Gasteiger partial charge on any atom is 0.149 e. The summed E-state index contributed by atoms with van der Waals surface area (Å²) in [5.41, 5.74) is 10.4. The Balaban J connectivity index is 0.000000255. The summed E-state index contributed by atoms with van der Waals surface area (Å²) in [7, 11) is 1.90. The molecule has 3 rings (SSSR count). The number of nitrogens with two attached hydrogens (primary N) is 1. The number of nitrogens with zero attached hydrogens (tertiary/aromatic N) is 1.